The van der Waals surface area contributed by atoms with E-state index < -0.39 is 6.10 Å². The minimum Gasteiger partial charge on any atom is -0.497 e. The number of methoxy groups -OCH3 is 1. The number of carbonyl (C=O) groups excluding carboxylic acids is 1. The quantitative estimate of drug-likeness (QED) is 0.788. The van der Waals surface area contributed by atoms with Gasteiger partial charge in [-0.1, -0.05) is 36.7 Å². The summed E-state index contributed by atoms with van der Waals surface area (Å²) in [6.07, 6.45) is 0.809. The molecule has 0 saturated heterocycles. The topological polar surface area (TPSA) is 47.6 Å². The van der Waals surface area contributed by atoms with Crippen LogP contribution in [0.1, 0.15) is 18.9 Å². The number of hydrogen-bond donors (Lipinski definition) is 1. The van der Waals surface area contributed by atoms with Crippen molar-refractivity contribution in [1.29, 1.82) is 0 Å². The van der Waals surface area contributed by atoms with Crippen molar-refractivity contribution < 1.29 is 14.3 Å². The molecule has 0 spiro atoms. The Morgan fingerprint density at radius 3 is 2.54 bits per heavy atom. The third-order valence-electron chi connectivity index (χ3n) is 3.61. The minimum atomic E-state index is -0.528. The monoisotopic (exact) mass is 347 g/mol. The number of rotatable bonds is 8. The number of benzene rings is 2. The molecule has 128 valence electrons. The molecule has 0 aliphatic heterocycles. The number of hydrogen-bond acceptors (Lipinski definition) is 3. The standard InChI is InChI=1S/C19H22ClNO3/c1-3-18(24-17-6-4-5-15(20)13-17)19(22)21-12-11-14-7-9-16(23-2)10-8-14/h4-10,13,18H,3,11-12H2,1-2H3,(H,21,22). The van der Waals surface area contributed by atoms with Crippen LogP contribution in [0, 0.1) is 0 Å². The summed E-state index contributed by atoms with van der Waals surface area (Å²) in [7, 11) is 1.64. The lowest BCUT2D eigenvalue weighted by Gasteiger charge is -2.17. The number of amides is 1. The highest BCUT2D eigenvalue weighted by atomic mass is 35.5. The van der Waals surface area contributed by atoms with Gasteiger partial charge in [0.1, 0.15) is 11.5 Å². The van der Waals surface area contributed by atoms with Crippen LogP contribution in [0.5, 0.6) is 11.5 Å². The van der Waals surface area contributed by atoms with Gasteiger partial charge in [0, 0.05) is 11.6 Å². The van der Waals surface area contributed by atoms with Crippen LogP contribution in [-0.4, -0.2) is 25.7 Å². The molecule has 0 saturated carbocycles. The summed E-state index contributed by atoms with van der Waals surface area (Å²) < 4.78 is 10.9. The highest BCUT2D eigenvalue weighted by molar-refractivity contribution is 6.30. The average Bonchev–Trinajstić information content (AvgIpc) is 2.60. The number of ether oxygens (including phenoxy) is 2. The van der Waals surface area contributed by atoms with Gasteiger partial charge in [-0.15, -0.1) is 0 Å². The third-order valence-corrected chi connectivity index (χ3v) is 3.84. The first-order valence-corrected chi connectivity index (χ1v) is 8.33. The SMILES string of the molecule is CCC(Oc1cccc(Cl)c1)C(=O)NCCc1ccc(OC)cc1. The van der Waals surface area contributed by atoms with E-state index >= 15 is 0 Å². The van der Waals surface area contributed by atoms with Crippen LogP contribution < -0.4 is 14.8 Å². The molecule has 0 aliphatic rings. The van der Waals surface area contributed by atoms with Gasteiger partial charge < -0.3 is 14.8 Å². The zero-order chi connectivity index (χ0) is 17.4. The largest absolute Gasteiger partial charge is 0.497 e. The maximum Gasteiger partial charge on any atom is 0.261 e. The Labute approximate surface area is 147 Å². The minimum absolute atomic E-state index is 0.119. The van der Waals surface area contributed by atoms with Crippen molar-refractivity contribution in [2.24, 2.45) is 0 Å². The first-order chi connectivity index (χ1) is 11.6. The molecular formula is C19H22ClNO3. The molecule has 1 amide bonds. The van der Waals surface area contributed by atoms with Crippen LogP contribution in [0.4, 0.5) is 0 Å². The maximum atomic E-state index is 12.3. The molecule has 0 aliphatic carbocycles. The van der Waals surface area contributed by atoms with Gasteiger partial charge >= 0.3 is 0 Å². The Kier molecular flexibility index (Phi) is 6.94. The molecule has 0 heterocycles. The fourth-order valence-corrected chi connectivity index (χ4v) is 2.44. The van der Waals surface area contributed by atoms with E-state index in [0.717, 1.165) is 17.7 Å². The van der Waals surface area contributed by atoms with Crippen LogP contribution in [0.15, 0.2) is 48.5 Å². The summed E-state index contributed by atoms with van der Waals surface area (Å²) in [5.74, 6) is 1.30. The lowest BCUT2D eigenvalue weighted by molar-refractivity contribution is -0.128. The second kappa shape index (κ2) is 9.18. The van der Waals surface area contributed by atoms with Crippen molar-refractivity contribution in [3.63, 3.8) is 0 Å². The first-order valence-electron chi connectivity index (χ1n) is 7.95. The number of carbonyl (C=O) groups is 1. The van der Waals surface area contributed by atoms with Gasteiger partial charge in [-0.3, -0.25) is 4.79 Å². The fraction of sp³-hybridized carbons (Fsp3) is 0.316. The van der Waals surface area contributed by atoms with E-state index in [1.165, 1.54) is 0 Å². The summed E-state index contributed by atoms with van der Waals surface area (Å²) in [5, 5.41) is 3.50. The molecule has 4 nitrogen and oxygen atoms in total. The van der Waals surface area contributed by atoms with Crippen molar-refractivity contribution in [2.75, 3.05) is 13.7 Å². The molecule has 0 radical (unpaired) electrons. The van der Waals surface area contributed by atoms with E-state index in [-0.39, 0.29) is 5.91 Å². The van der Waals surface area contributed by atoms with E-state index in [1.54, 1.807) is 31.4 Å². The van der Waals surface area contributed by atoms with Crippen molar-refractivity contribution >= 4 is 17.5 Å². The highest BCUT2D eigenvalue weighted by Gasteiger charge is 2.17. The van der Waals surface area contributed by atoms with Crippen LogP contribution in [0.25, 0.3) is 0 Å². The number of nitrogens with one attached hydrogen (secondary N) is 1. The average molecular weight is 348 g/mol. The molecule has 24 heavy (non-hydrogen) atoms. The lowest BCUT2D eigenvalue weighted by atomic mass is 10.1. The Morgan fingerprint density at radius 2 is 1.92 bits per heavy atom. The van der Waals surface area contributed by atoms with Gasteiger partial charge in [-0.05, 0) is 48.7 Å². The van der Waals surface area contributed by atoms with E-state index in [2.05, 4.69) is 5.32 Å². The predicted octanol–water partition coefficient (Wildman–Crippen LogP) is 3.86. The molecule has 2 rings (SSSR count). The molecule has 1 unspecified atom stereocenters. The maximum absolute atomic E-state index is 12.3. The highest BCUT2D eigenvalue weighted by Crippen LogP contribution is 2.19. The molecule has 5 heteroatoms. The second-order valence-electron chi connectivity index (χ2n) is 5.36. The van der Waals surface area contributed by atoms with Crippen molar-refractivity contribution in [3.8, 4) is 11.5 Å². The van der Waals surface area contributed by atoms with Gasteiger partial charge in [-0.2, -0.15) is 0 Å². The molecule has 1 atom stereocenters. The Hall–Kier alpha value is -2.20. The van der Waals surface area contributed by atoms with E-state index in [9.17, 15) is 4.79 Å². The van der Waals surface area contributed by atoms with Gasteiger partial charge in [0.05, 0.1) is 7.11 Å². The summed E-state index contributed by atoms with van der Waals surface area (Å²) in [6.45, 7) is 2.47. The first kappa shape index (κ1) is 18.1. The zero-order valence-electron chi connectivity index (χ0n) is 13.9. The Bertz CT molecular complexity index is 658. The van der Waals surface area contributed by atoms with Crippen LogP contribution in [0.2, 0.25) is 5.02 Å². The summed E-state index contributed by atoms with van der Waals surface area (Å²) in [4.78, 5) is 12.3. The molecule has 2 aromatic carbocycles. The molecule has 0 bridgehead atoms. The van der Waals surface area contributed by atoms with E-state index in [0.29, 0.717) is 23.7 Å². The third kappa shape index (κ3) is 5.46. The van der Waals surface area contributed by atoms with Gasteiger partial charge in [-0.25, -0.2) is 0 Å². The van der Waals surface area contributed by atoms with E-state index in [4.69, 9.17) is 21.1 Å². The fourth-order valence-electron chi connectivity index (χ4n) is 2.26. The molecule has 1 N–H and O–H groups in total. The predicted molar refractivity (Wildman–Crippen MR) is 95.9 cm³/mol. The summed E-state index contributed by atoms with van der Waals surface area (Å²) in [6, 6.07) is 14.9. The normalized spacial score (nSPS) is 11.6. The molecule has 0 aromatic heterocycles. The molecular weight excluding hydrogens is 326 g/mol. The lowest BCUT2D eigenvalue weighted by Crippen LogP contribution is -2.38. The number of halogens is 1. The second-order valence-corrected chi connectivity index (χ2v) is 5.80. The zero-order valence-corrected chi connectivity index (χ0v) is 14.7. The van der Waals surface area contributed by atoms with E-state index in [1.807, 2.05) is 31.2 Å². The van der Waals surface area contributed by atoms with Gasteiger partial charge in [0.15, 0.2) is 6.10 Å². The summed E-state index contributed by atoms with van der Waals surface area (Å²) >= 11 is 5.93. The Balaban J connectivity index is 1.82. The van der Waals surface area contributed by atoms with Crippen molar-refractivity contribution in [3.05, 3.63) is 59.1 Å². The van der Waals surface area contributed by atoms with Gasteiger partial charge in [0.25, 0.3) is 5.91 Å². The summed E-state index contributed by atoms with van der Waals surface area (Å²) in [5.41, 5.74) is 1.14. The van der Waals surface area contributed by atoms with Crippen molar-refractivity contribution in [2.45, 2.75) is 25.9 Å². The van der Waals surface area contributed by atoms with Crippen LogP contribution in [-0.2, 0) is 11.2 Å². The van der Waals surface area contributed by atoms with Crippen molar-refractivity contribution in [1.82, 2.24) is 5.32 Å². The smallest absolute Gasteiger partial charge is 0.261 e. The van der Waals surface area contributed by atoms with Crippen LogP contribution in [0.3, 0.4) is 0 Å². The molecule has 0 fully saturated rings. The molecule has 2 aromatic rings. The Morgan fingerprint density at radius 1 is 1.17 bits per heavy atom. The van der Waals surface area contributed by atoms with Crippen LogP contribution >= 0.6 is 11.6 Å². The van der Waals surface area contributed by atoms with Gasteiger partial charge in [0.2, 0.25) is 0 Å².